The molecule has 1 aromatic carbocycles. The first kappa shape index (κ1) is 17.9. The topological polar surface area (TPSA) is 95.2 Å². The number of carbonyl (C=O) groups excluding carboxylic acids is 1. The van der Waals surface area contributed by atoms with Crippen LogP contribution in [0.4, 0.5) is 5.69 Å². The van der Waals surface area contributed by atoms with E-state index >= 15 is 0 Å². The summed E-state index contributed by atoms with van der Waals surface area (Å²) in [7, 11) is -3.57. The number of piperidine rings is 1. The van der Waals surface area contributed by atoms with Crippen molar-refractivity contribution in [2.45, 2.75) is 24.8 Å². The number of benzene rings is 1. The van der Waals surface area contributed by atoms with Gasteiger partial charge in [-0.15, -0.1) is 0 Å². The molecule has 0 atom stereocenters. The van der Waals surface area contributed by atoms with Gasteiger partial charge in [0.15, 0.2) is 5.03 Å². The molecule has 1 aliphatic heterocycles. The van der Waals surface area contributed by atoms with E-state index in [1.807, 2.05) is 6.92 Å². The number of imidazole rings is 1. The van der Waals surface area contributed by atoms with Crippen molar-refractivity contribution in [2.24, 2.45) is 5.92 Å². The van der Waals surface area contributed by atoms with Crippen LogP contribution in [0.15, 0.2) is 35.7 Å². The molecule has 1 aromatic heterocycles. The third-order valence-electron chi connectivity index (χ3n) is 4.44. The van der Waals surface area contributed by atoms with Crippen LogP contribution in [0.1, 0.15) is 18.4 Å². The summed E-state index contributed by atoms with van der Waals surface area (Å²) in [5.74, 6) is -0.337. The van der Waals surface area contributed by atoms with Gasteiger partial charge in [0, 0.05) is 29.7 Å². The SMILES string of the molecule is Cc1c(Cl)cccc1NC(=O)C1CCN(S(=O)(=O)c2cnc[nH]2)CC1. The van der Waals surface area contributed by atoms with Crippen LogP contribution < -0.4 is 5.32 Å². The second-order valence-corrected chi connectivity index (χ2v) is 8.31. The highest BCUT2D eigenvalue weighted by Crippen LogP contribution is 2.26. The highest BCUT2D eigenvalue weighted by molar-refractivity contribution is 7.89. The predicted octanol–water partition coefficient (Wildman–Crippen LogP) is 2.41. The van der Waals surface area contributed by atoms with Crippen LogP contribution in [0.2, 0.25) is 5.02 Å². The normalized spacial score (nSPS) is 16.7. The molecule has 1 fully saturated rings. The number of sulfonamides is 1. The molecule has 9 heteroatoms. The van der Waals surface area contributed by atoms with Crippen LogP contribution in [-0.4, -0.2) is 41.7 Å². The molecule has 1 amide bonds. The minimum atomic E-state index is -3.57. The molecule has 2 heterocycles. The Hall–Kier alpha value is -1.90. The fraction of sp³-hybridized carbons (Fsp3) is 0.375. The van der Waals surface area contributed by atoms with Gasteiger partial charge in [-0.2, -0.15) is 4.31 Å². The molecular weight excluding hydrogens is 364 g/mol. The zero-order valence-corrected chi connectivity index (χ0v) is 15.3. The minimum absolute atomic E-state index is 0.0740. The second kappa shape index (κ2) is 7.15. The van der Waals surface area contributed by atoms with Crippen LogP contribution in [0.25, 0.3) is 0 Å². The van der Waals surface area contributed by atoms with Crippen molar-refractivity contribution in [2.75, 3.05) is 18.4 Å². The molecule has 3 rings (SSSR count). The molecular formula is C16H19ClN4O3S. The number of hydrogen-bond donors (Lipinski definition) is 2. The molecule has 1 aliphatic rings. The molecule has 0 unspecified atom stereocenters. The number of anilines is 1. The van der Waals surface area contributed by atoms with Crippen molar-refractivity contribution >= 4 is 33.2 Å². The van der Waals surface area contributed by atoms with E-state index < -0.39 is 10.0 Å². The summed E-state index contributed by atoms with van der Waals surface area (Å²) < 4.78 is 26.3. The van der Waals surface area contributed by atoms with Gasteiger partial charge in [0.25, 0.3) is 10.0 Å². The van der Waals surface area contributed by atoms with E-state index in [0.717, 1.165) is 5.56 Å². The molecule has 0 aliphatic carbocycles. The summed E-state index contributed by atoms with van der Waals surface area (Å²) in [4.78, 5) is 18.9. The Kier molecular flexibility index (Phi) is 5.12. The van der Waals surface area contributed by atoms with Gasteiger partial charge in [0.1, 0.15) is 0 Å². The van der Waals surface area contributed by atoms with Gasteiger partial charge in [0.05, 0.1) is 12.5 Å². The van der Waals surface area contributed by atoms with Crippen LogP contribution >= 0.6 is 11.6 Å². The minimum Gasteiger partial charge on any atom is -0.335 e. The van der Waals surface area contributed by atoms with Gasteiger partial charge in [-0.25, -0.2) is 13.4 Å². The Morgan fingerprint density at radius 2 is 2.08 bits per heavy atom. The molecule has 134 valence electrons. The number of aromatic amines is 1. The van der Waals surface area contributed by atoms with E-state index in [0.29, 0.717) is 36.6 Å². The Balaban J connectivity index is 1.62. The molecule has 1 saturated heterocycles. The maximum absolute atomic E-state index is 12.5. The highest BCUT2D eigenvalue weighted by Gasteiger charge is 2.32. The van der Waals surface area contributed by atoms with E-state index in [-0.39, 0.29) is 16.9 Å². The number of nitrogens with zero attached hydrogens (tertiary/aromatic N) is 2. The van der Waals surface area contributed by atoms with Crippen molar-refractivity contribution in [1.82, 2.24) is 14.3 Å². The summed E-state index contributed by atoms with van der Waals surface area (Å²) in [6, 6.07) is 5.35. The number of hydrogen-bond acceptors (Lipinski definition) is 4. The van der Waals surface area contributed by atoms with E-state index in [1.165, 1.54) is 16.8 Å². The Morgan fingerprint density at radius 3 is 2.72 bits per heavy atom. The average Bonchev–Trinajstić information content (AvgIpc) is 3.14. The van der Waals surface area contributed by atoms with E-state index in [4.69, 9.17) is 11.6 Å². The monoisotopic (exact) mass is 382 g/mol. The predicted molar refractivity (Wildman–Crippen MR) is 94.9 cm³/mol. The molecule has 2 aromatic rings. The molecule has 2 N–H and O–H groups in total. The summed E-state index contributed by atoms with van der Waals surface area (Å²) in [6.45, 7) is 2.44. The number of amides is 1. The summed E-state index contributed by atoms with van der Waals surface area (Å²) in [6.07, 6.45) is 3.56. The maximum Gasteiger partial charge on any atom is 0.260 e. The highest BCUT2D eigenvalue weighted by atomic mass is 35.5. The van der Waals surface area contributed by atoms with Gasteiger partial charge in [-0.3, -0.25) is 4.79 Å². The van der Waals surface area contributed by atoms with Crippen LogP contribution in [0.5, 0.6) is 0 Å². The zero-order valence-electron chi connectivity index (χ0n) is 13.7. The molecule has 0 bridgehead atoms. The third kappa shape index (κ3) is 3.70. The van der Waals surface area contributed by atoms with Gasteiger partial charge >= 0.3 is 0 Å². The van der Waals surface area contributed by atoms with Crippen molar-refractivity contribution in [1.29, 1.82) is 0 Å². The standard InChI is InChI=1S/C16H19ClN4O3S/c1-11-13(17)3-2-4-14(11)20-16(22)12-5-7-21(8-6-12)25(23,24)15-9-18-10-19-15/h2-4,9-10,12H,5-8H2,1H3,(H,18,19)(H,20,22). The molecule has 25 heavy (non-hydrogen) atoms. The van der Waals surface area contributed by atoms with Crippen LogP contribution in [0, 0.1) is 12.8 Å². The second-order valence-electron chi connectivity index (χ2n) is 6.00. The number of rotatable bonds is 4. The van der Waals surface area contributed by atoms with Crippen molar-refractivity contribution in [3.63, 3.8) is 0 Å². The number of carbonyl (C=O) groups is 1. The largest absolute Gasteiger partial charge is 0.335 e. The average molecular weight is 383 g/mol. The maximum atomic E-state index is 12.5. The summed E-state index contributed by atoms with van der Waals surface area (Å²) in [5, 5.41) is 3.56. The van der Waals surface area contributed by atoms with E-state index in [9.17, 15) is 13.2 Å². The van der Waals surface area contributed by atoms with E-state index in [2.05, 4.69) is 15.3 Å². The van der Waals surface area contributed by atoms with Gasteiger partial charge in [0.2, 0.25) is 5.91 Å². The van der Waals surface area contributed by atoms with Gasteiger partial charge < -0.3 is 10.3 Å². The lowest BCUT2D eigenvalue weighted by Crippen LogP contribution is -2.41. The number of aromatic nitrogens is 2. The number of nitrogens with one attached hydrogen (secondary N) is 2. The Bertz CT molecular complexity index is 860. The van der Waals surface area contributed by atoms with Crippen molar-refractivity contribution in [3.8, 4) is 0 Å². The first-order valence-corrected chi connectivity index (χ1v) is 9.76. The first-order chi connectivity index (χ1) is 11.9. The number of halogens is 1. The van der Waals surface area contributed by atoms with Crippen LogP contribution in [0.3, 0.4) is 0 Å². The summed E-state index contributed by atoms with van der Waals surface area (Å²) in [5.41, 5.74) is 1.50. The Labute approximate surface area is 151 Å². The lowest BCUT2D eigenvalue weighted by atomic mass is 9.97. The zero-order chi connectivity index (χ0) is 18.0. The first-order valence-electron chi connectivity index (χ1n) is 7.94. The summed E-state index contributed by atoms with van der Waals surface area (Å²) >= 11 is 6.07. The van der Waals surface area contributed by atoms with Crippen molar-refractivity contribution < 1.29 is 13.2 Å². The Morgan fingerprint density at radius 1 is 1.36 bits per heavy atom. The van der Waals surface area contributed by atoms with E-state index in [1.54, 1.807) is 18.2 Å². The molecule has 0 spiro atoms. The quantitative estimate of drug-likeness (QED) is 0.848. The molecule has 0 radical (unpaired) electrons. The molecule has 0 saturated carbocycles. The third-order valence-corrected chi connectivity index (χ3v) is 6.67. The van der Waals surface area contributed by atoms with Gasteiger partial charge in [-0.1, -0.05) is 17.7 Å². The lowest BCUT2D eigenvalue weighted by molar-refractivity contribution is -0.120. The molecule has 7 nitrogen and oxygen atoms in total. The fourth-order valence-electron chi connectivity index (χ4n) is 2.86. The van der Waals surface area contributed by atoms with Crippen LogP contribution in [-0.2, 0) is 14.8 Å². The smallest absolute Gasteiger partial charge is 0.260 e. The fourth-order valence-corrected chi connectivity index (χ4v) is 4.40. The van der Waals surface area contributed by atoms with Crippen molar-refractivity contribution in [3.05, 3.63) is 41.3 Å². The van der Waals surface area contributed by atoms with Gasteiger partial charge in [-0.05, 0) is 37.5 Å². The number of H-pyrrole nitrogens is 1. The lowest BCUT2D eigenvalue weighted by Gasteiger charge is -2.30.